The molecule has 9 aromatic carbocycles. The van der Waals surface area contributed by atoms with Crippen LogP contribution in [0.2, 0.25) is 0 Å². The Hall–Kier alpha value is -7.68. The molecule has 2 heterocycles. The minimum Gasteiger partial charge on any atom is -0.311 e. The predicted octanol–water partition coefficient (Wildman–Crippen LogP) is 15.5. The second-order valence-electron chi connectivity index (χ2n) is 14.9. The molecule has 0 bridgehead atoms. The topological polar surface area (TPSA) is 7.65 Å². The van der Waals surface area contributed by atoms with Gasteiger partial charge in [-0.25, -0.2) is 0 Å². The SMILES string of the molecule is c1ccc(-c2ccc(N(c3ccc(-c4ccccc4)cc3)c3ccc(-c4cccc5c4c4ccccc4c4c(-c6ccccc6)c6ccccc6n54)cc3)cc2)cc1. The monoisotopic (exact) mass is 738 g/mol. The van der Waals surface area contributed by atoms with Gasteiger partial charge in [-0.05, 0) is 92.9 Å². The standard InChI is InChI=1S/C56H38N2/c1-4-15-39(16-5-1)41-27-33-45(34-28-41)57(46-35-29-42(30-36-46)40-17-6-2-7-18-40)47-37-31-43(32-38-47)48-24-14-26-53-55(48)49-21-10-11-22-50(49)56-54(44-19-8-3-9-20-44)51-23-12-13-25-52(51)58(53)56/h1-38H. The molecule has 0 radical (unpaired) electrons. The molecule has 0 amide bonds. The molecule has 0 aliphatic carbocycles. The number of aromatic nitrogens is 1. The molecular weight excluding hydrogens is 701 g/mol. The number of hydrogen-bond donors (Lipinski definition) is 0. The van der Waals surface area contributed by atoms with Gasteiger partial charge in [0.05, 0.1) is 16.6 Å². The molecule has 2 heteroatoms. The molecule has 0 aliphatic rings. The fourth-order valence-corrected chi connectivity index (χ4v) is 8.90. The summed E-state index contributed by atoms with van der Waals surface area (Å²) < 4.78 is 2.49. The molecule has 272 valence electrons. The fraction of sp³-hybridized carbons (Fsp3) is 0. The van der Waals surface area contributed by atoms with Crippen LogP contribution in [0.4, 0.5) is 17.1 Å². The third-order valence-electron chi connectivity index (χ3n) is 11.6. The van der Waals surface area contributed by atoms with E-state index in [1.165, 1.54) is 82.6 Å². The van der Waals surface area contributed by atoms with Crippen molar-refractivity contribution in [1.82, 2.24) is 4.40 Å². The van der Waals surface area contributed by atoms with Gasteiger partial charge in [-0.1, -0.05) is 182 Å². The van der Waals surface area contributed by atoms with Crippen molar-refractivity contribution in [2.24, 2.45) is 0 Å². The van der Waals surface area contributed by atoms with E-state index >= 15 is 0 Å². The van der Waals surface area contributed by atoms with Crippen molar-refractivity contribution in [2.75, 3.05) is 4.90 Å². The van der Waals surface area contributed by atoms with Crippen molar-refractivity contribution in [3.63, 3.8) is 0 Å². The lowest BCUT2D eigenvalue weighted by Crippen LogP contribution is -2.09. The van der Waals surface area contributed by atoms with E-state index in [0.29, 0.717) is 0 Å². The zero-order chi connectivity index (χ0) is 38.4. The van der Waals surface area contributed by atoms with Crippen LogP contribution in [-0.4, -0.2) is 4.40 Å². The molecule has 2 aromatic heterocycles. The zero-order valence-electron chi connectivity index (χ0n) is 31.8. The van der Waals surface area contributed by atoms with Gasteiger partial charge in [-0.2, -0.15) is 0 Å². The molecule has 0 saturated heterocycles. The van der Waals surface area contributed by atoms with Gasteiger partial charge in [-0.15, -0.1) is 0 Å². The molecule has 11 aromatic rings. The molecule has 0 N–H and O–H groups in total. The summed E-state index contributed by atoms with van der Waals surface area (Å²) in [4.78, 5) is 2.35. The van der Waals surface area contributed by atoms with Gasteiger partial charge in [0.2, 0.25) is 0 Å². The van der Waals surface area contributed by atoms with E-state index in [9.17, 15) is 0 Å². The Bertz CT molecular complexity index is 3140. The number of para-hydroxylation sites is 1. The average molecular weight is 739 g/mol. The second kappa shape index (κ2) is 14.1. The van der Waals surface area contributed by atoms with E-state index in [4.69, 9.17) is 0 Å². The Labute approximate surface area is 338 Å². The highest BCUT2D eigenvalue weighted by Crippen LogP contribution is 2.45. The van der Waals surface area contributed by atoms with E-state index in [0.717, 1.165) is 17.1 Å². The maximum Gasteiger partial charge on any atom is 0.0625 e. The molecular formula is C56H38N2. The second-order valence-corrected chi connectivity index (χ2v) is 14.9. The molecule has 0 spiro atoms. The smallest absolute Gasteiger partial charge is 0.0625 e. The number of benzene rings is 9. The summed E-state index contributed by atoms with van der Waals surface area (Å²) in [5, 5.41) is 5.01. The van der Waals surface area contributed by atoms with Crippen molar-refractivity contribution >= 4 is 55.2 Å². The van der Waals surface area contributed by atoms with Gasteiger partial charge in [0.15, 0.2) is 0 Å². The summed E-state index contributed by atoms with van der Waals surface area (Å²) in [5.74, 6) is 0. The summed E-state index contributed by atoms with van der Waals surface area (Å²) in [6, 6.07) is 83.5. The summed E-state index contributed by atoms with van der Waals surface area (Å²) >= 11 is 0. The van der Waals surface area contributed by atoms with Crippen molar-refractivity contribution in [2.45, 2.75) is 0 Å². The van der Waals surface area contributed by atoms with Crippen LogP contribution in [-0.2, 0) is 0 Å². The number of rotatable bonds is 7. The molecule has 58 heavy (non-hydrogen) atoms. The molecule has 0 saturated carbocycles. The maximum atomic E-state index is 2.49. The van der Waals surface area contributed by atoms with Crippen LogP contribution in [0.25, 0.3) is 82.6 Å². The van der Waals surface area contributed by atoms with Crippen LogP contribution >= 0.6 is 0 Å². The zero-order valence-corrected chi connectivity index (χ0v) is 31.8. The van der Waals surface area contributed by atoms with Gasteiger partial charge in [-0.3, -0.25) is 0 Å². The third-order valence-corrected chi connectivity index (χ3v) is 11.6. The highest BCUT2D eigenvalue weighted by atomic mass is 15.1. The highest BCUT2D eigenvalue weighted by Gasteiger charge is 2.21. The van der Waals surface area contributed by atoms with Crippen LogP contribution in [0.1, 0.15) is 0 Å². The maximum absolute atomic E-state index is 2.49. The Morgan fingerprint density at radius 1 is 0.276 bits per heavy atom. The third kappa shape index (κ3) is 5.66. The van der Waals surface area contributed by atoms with Crippen molar-refractivity contribution < 1.29 is 0 Å². The Morgan fingerprint density at radius 2 is 0.690 bits per heavy atom. The van der Waals surface area contributed by atoms with E-state index < -0.39 is 0 Å². The van der Waals surface area contributed by atoms with Gasteiger partial charge in [0, 0.05) is 38.8 Å². The lowest BCUT2D eigenvalue weighted by atomic mass is 9.94. The normalized spacial score (nSPS) is 11.4. The Kier molecular flexibility index (Phi) is 8.19. The molecule has 0 atom stereocenters. The minimum absolute atomic E-state index is 1.10. The first kappa shape index (κ1) is 33.6. The van der Waals surface area contributed by atoms with Gasteiger partial charge in [0.25, 0.3) is 0 Å². The van der Waals surface area contributed by atoms with Crippen LogP contribution in [0.5, 0.6) is 0 Å². The summed E-state index contributed by atoms with van der Waals surface area (Å²) in [6.45, 7) is 0. The fourth-order valence-electron chi connectivity index (χ4n) is 8.90. The van der Waals surface area contributed by atoms with Gasteiger partial charge < -0.3 is 9.30 Å². The quantitative estimate of drug-likeness (QED) is 0.148. The summed E-state index contributed by atoms with van der Waals surface area (Å²) in [6.07, 6.45) is 0. The molecule has 0 unspecified atom stereocenters. The number of nitrogens with zero attached hydrogens (tertiary/aromatic N) is 2. The van der Waals surface area contributed by atoms with E-state index in [-0.39, 0.29) is 0 Å². The van der Waals surface area contributed by atoms with E-state index in [2.05, 4.69) is 240 Å². The first-order chi connectivity index (χ1) is 28.8. The number of hydrogen-bond acceptors (Lipinski definition) is 1. The first-order valence-electron chi connectivity index (χ1n) is 19.9. The van der Waals surface area contributed by atoms with Crippen molar-refractivity contribution in [1.29, 1.82) is 0 Å². The molecule has 2 nitrogen and oxygen atoms in total. The minimum atomic E-state index is 1.10. The van der Waals surface area contributed by atoms with Gasteiger partial charge >= 0.3 is 0 Å². The Balaban J connectivity index is 1.07. The van der Waals surface area contributed by atoms with E-state index in [1.807, 2.05) is 0 Å². The van der Waals surface area contributed by atoms with E-state index in [1.54, 1.807) is 0 Å². The molecule has 0 fully saturated rings. The summed E-state index contributed by atoms with van der Waals surface area (Å²) in [5.41, 5.74) is 16.7. The molecule has 0 aliphatic heterocycles. The van der Waals surface area contributed by atoms with Crippen molar-refractivity contribution in [3.05, 3.63) is 231 Å². The number of fused-ring (bicyclic) bond motifs is 8. The van der Waals surface area contributed by atoms with Crippen LogP contribution in [0.15, 0.2) is 231 Å². The van der Waals surface area contributed by atoms with Crippen LogP contribution in [0.3, 0.4) is 0 Å². The van der Waals surface area contributed by atoms with Gasteiger partial charge in [0.1, 0.15) is 0 Å². The van der Waals surface area contributed by atoms with Crippen molar-refractivity contribution in [3.8, 4) is 44.5 Å². The largest absolute Gasteiger partial charge is 0.311 e. The average Bonchev–Trinajstić information content (AvgIpc) is 3.66. The van der Waals surface area contributed by atoms with Crippen LogP contribution < -0.4 is 4.90 Å². The predicted molar refractivity (Wildman–Crippen MR) is 246 cm³/mol. The lowest BCUT2D eigenvalue weighted by Gasteiger charge is -2.26. The molecule has 11 rings (SSSR count). The lowest BCUT2D eigenvalue weighted by molar-refractivity contribution is 1.28. The highest BCUT2D eigenvalue weighted by molar-refractivity contribution is 6.24. The first-order valence-corrected chi connectivity index (χ1v) is 19.9. The van der Waals surface area contributed by atoms with Crippen LogP contribution in [0, 0.1) is 0 Å². The number of pyridine rings is 1. The number of anilines is 3. The summed E-state index contributed by atoms with van der Waals surface area (Å²) in [7, 11) is 0. The Morgan fingerprint density at radius 3 is 1.24 bits per heavy atom.